The van der Waals surface area contributed by atoms with Crippen LogP contribution in [0, 0.1) is 0 Å². The van der Waals surface area contributed by atoms with Gasteiger partial charge in [-0.3, -0.25) is 4.79 Å². The lowest BCUT2D eigenvalue weighted by atomic mass is 9.82. The topological polar surface area (TPSA) is 72.5 Å². The summed E-state index contributed by atoms with van der Waals surface area (Å²) in [5, 5.41) is 0.494. The van der Waals surface area contributed by atoms with Gasteiger partial charge in [-0.15, -0.1) is 0 Å². The lowest BCUT2D eigenvalue weighted by molar-refractivity contribution is -0.140. The van der Waals surface area contributed by atoms with Crippen molar-refractivity contribution in [2.45, 2.75) is 43.0 Å². The molecule has 0 aliphatic heterocycles. The molecule has 0 saturated carbocycles. The van der Waals surface area contributed by atoms with Gasteiger partial charge in [0, 0.05) is 17.5 Å². The first-order valence-corrected chi connectivity index (χ1v) is 11.3. The summed E-state index contributed by atoms with van der Waals surface area (Å²) in [7, 11) is -2.23. The summed E-state index contributed by atoms with van der Waals surface area (Å²) in [5.74, 6) is -0.248. The fraction of sp³-hybridized carbons (Fsp3) is 0.318. The van der Waals surface area contributed by atoms with Crippen LogP contribution in [0.1, 0.15) is 35.1 Å². The van der Waals surface area contributed by atoms with Gasteiger partial charge >= 0.3 is 5.97 Å². The molecule has 1 unspecified atom stereocenters. The zero-order valence-electron chi connectivity index (χ0n) is 16.3. The molecule has 0 bridgehead atoms. The molecule has 0 radical (unpaired) electrons. The third kappa shape index (κ3) is 5.07. The molecule has 1 aliphatic carbocycles. The van der Waals surface area contributed by atoms with Crippen molar-refractivity contribution in [3.8, 4) is 0 Å². The number of methoxy groups -OCH3 is 1. The summed E-state index contributed by atoms with van der Waals surface area (Å²) < 4.78 is 32.9. The van der Waals surface area contributed by atoms with Crippen molar-refractivity contribution in [1.82, 2.24) is 4.72 Å². The van der Waals surface area contributed by atoms with Gasteiger partial charge in [-0.2, -0.15) is 0 Å². The van der Waals surface area contributed by atoms with Crippen molar-refractivity contribution in [3.63, 3.8) is 0 Å². The molecule has 5 nitrogen and oxygen atoms in total. The van der Waals surface area contributed by atoms with Gasteiger partial charge in [-0.25, -0.2) is 13.1 Å². The first kappa shape index (κ1) is 21.6. The van der Waals surface area contributed by atoms with Gasteiger partial charge in [-0.1, -0.05) is 36.4 Å². The number of ether oxygens (including phenoxy) is 1. The Morgan fingerprint density at radius 1 is 1.28 bits per heavy atom. The number of esters is 1. The number of halogens is 1. The molecule has 0 amide bonds. The number of carbonyl (C=O) groups is 1. The third-order valence-electron chi connectivity index (χ3n) is 5.25. The van der Waals surface area contributed by atoms with Gasteiger partial charge in [0.1, 0.15) is 0 Å². The van der Waals surface area contributed by atoms with Crippen LogP contribution in [0.15, 0.2) is 47.9 Å². The van der Waals surface area contributed by atoms with E-state index in [9.17, 15) is 13.2 Å². The van der Waals surface area contributed by atoms with E-state index in [1.54, 1.807) is 18.2 Å². The standard InChI is InChI=1S/C22H24ClNO4S/c1-3-15-4-5-16-14-18(8-11-21(16)20(15)12-13-22(25)28-2)24-29(26,27)19-9-6-17(23)7-10-19/h3-7,9-10,18,24H,1,8,11-14H2,2H3. The molecule has 1 atom stereocenters. The maximum atomic E-state index is 12.7. The van der Waals surface area contributed by atoms with Gasteiger partial charge in [0.15, 0.2) is 0 Å². The van der Waals surface area contributed by atoms with Gasteiger partial charge in [0.2, 0.25) is 10.0 Å². The molecular formula is C22H24ClNO4S. The summed E-state index contributed by atoms with van der Waals surface area (Å²) in [5.41, 5.74) is 4.40. The van der Waals surface area contributed by atoms with Crippen LogP contribution >= 0.6 is 11.6 Å². The molecular weight excluding hydrogens is 410 g/mol. The predicted molar refractivity (Wildman–Crippen MR) is 114 cm³/mol. The molecule has 0 fully saturated rings. The molecule has 154 valence electrons. The molecule has 1 N–H and O–H groups in total. The SMILES string of the molecule is C=Cc1ccc2c(c1CCC(=O)OC)CCC(NS(=O)(=O)c1ccc(Cl)cc1)C2. The Morgan fingerprint density at radius 3 is 2.66 bits per heavy atom. The van der Waals surface area contributed by atoms with Crippen LogP contribution < -0.4 is 4.72 Å². The summed E-state index contributed by atoms with van der Waals surface area (Å²) in [4.78, 5) is 11.8. The summed E-state index contributed by atoms with van der Waals surface area (Å²) in [6.45, 7) is 3.87. The van der Waals surface area contributed by atoms with Crippen LogP contribution in [0.2, 0.25) is 5.02 Å². The molecule has 0 aromatic heterocycles. The number of carbonyl (C=O) groups excluding carboxylic acids is 1. The normalized spacial score (nSPS) is 16.1. The zero-order valence-corrected chi connectivity index (χ0v) is 17.9. The molecule has 0 spiro atoms. The summed E-state index contributed by atoms with van der Waals surface area (Å²) >= 11 is 5.85. The number of hydrogen-bond acceptors (Lipinski definition) is 4. The Kier molecular flexibility index (Phi) is 6.77. The Morgan fingerprint density at radius 2 is 2.00 bits per heavy atom. The van der Waals surface area contributed by atoms with Crippen LogP contribution in [0.5, 0.6) is 0 Å². The molecule has 2 aromatic rings. The smallest absolute Gasteiger partial charge is 0.305 e. The van der Waals surface area contributed by atoms with Gasteiger partial charge < -0.3 is 4.74 Å². The Bertz CT molecular complexity index is 1020. The zero-order chi connectivity index (χ0) is 21.0. The summed E-state index contributed by atoms with van der Waals surface area (Å²) in [6.07, 6.45) is 4.71. The number of benzene rings is 2. The fourth-order valence-corrected chi connectivity index (χ4v) is 5.16. The lowest BCUT2D eigenvalue weighted by Gasteiger charge is -2.28. The molecule has 0 saturated heterocycles. The number of sulfonamides is 1. The highest BCUT2D eigenvalue weighted by Crippen LogP contribution is 2.30. The minimum absolute atomic E-state index is 0.189. The third-order valence-corrected chi connectivity index (χ3v) is 7.03. The first-order chi connectivity index (χ1) is 13.8. The van der Waals surface area contributed by atoms with Crippen molar-refractivity contribution < 1.29 is 17.9 Å². The minimum atomic E-state index is -3.61. The van der Waals surface area contributed by atoms with Crippen LogP contribution in [-0.2, 0) is 38.8 Å². The maximum absolute atomic E-state index is 12.7. The molecule has 3 rings (SSSR count). The van der Waals surface area contributed by atoms with E-state index in [1.165, 1.54) is 24.8 Å². The van der Waals surface area contributed by atoms with Crippen LogP contribution in [0.25, 0.3) is 6.08 Å². The second-order valence-electron chi connectivity index (χ2n) is 7.07. The van der Waals surface area contributed by atoms with E-state index in [0.717, 1.165) is 23.1 Å². The maximum Gasteiger partial charge on any atom is 0.305 e. The lowest BCUT2D eigenvalue weighted by Crippen LogP contribution is -2.39. The highest BCUT2D eigenvalue weighted by Gasteiger charge is 2.26. The van der Waals surface area contributed by atoms with Gasteiger partial charge in [-0.05, 0) is 72.2 Å². The number of hydrogen-bond donors (Lipinski definition) is 1. The van der Waals surface area contributed by atoms with Crippen molar-refractivity contribution >= 4 is 33.7 Å². The Hall–Kier alpha value is -2.15. The summed E-state index contributed by atoms with van der Waals surface area (Å²) in [6, 6.07) is 9.95. The fourth-order valence-electron chi connectivity index (χ4n) is 3.77. The largest absolute Gasteiger partial charge is 0.469 e. The van der Waals surface area contributed by atoms with Crippen LogP contribution in [-0.4, -0.2) is 27.5 Å². The monoisotopic (exact) mass is 433 g/mol. The first-order valence-electron chi connectivity index (χ1n) is 9.45. The minimum Gasteiger partial charge on any atom is -0.469 e. The van der Waals surface area contributed by atoms with Crippen molar-refractivity contribution in [1.29, 1.82) is 0 Å². The van der Waals surface area contributed by atoms with Crippen LogP contribution in [0.3, 0.4) is 0 Å². The number of nitrogens with one attached hydrogen (secondary N) is 1. The average Bonchev–Trinajstić information content (AvgIpc) is 2.71. The number of rotatable bonds is 7. The highest BCUT2D eigenvalue weighted by atomic mass is 35.5. The van der Waals surface area contributed by atoms with Crippen molar-refractivity contribution in [2.24, 2.45) is 0 Å². The molecule has 1 aliphatic rings. The Balaban J connectivity index is 1.79. The average molecular weight is 434 g/mol. The van der Waals surface area contributed by atoms with E-state index in [2.05, 4.69) is 11.3 Å². The van der Waals surface area contributed by atoms with E-state index in [4.69, 9.17) is 16.3 Å². The van der Waals surface area contributed by atoms with Gasteiger partial charge in [0.05, 0.1) is 12.0 Å². The van der Waals surface area contributed by atoms with Gasteiger partial charge in [0.25, 0.3) is 0 Å². The van der Waals surface area contributed by atoms with Crippen molar-refractivity contribution in [3.05, 3.63) is 70.3 Å². The molecule has 0 heterocycles. The molecule has 7 heteroatoms. The van der Waals surface area contributed by atoms with E-state index >= 15 is 0 Å². The van der Waals surface area contributed by atoms with Crippen molar-refractivity contribution in [2.75, 3.05) is 7.11 Å². The van der Waals surface area contributed by atoms with E-state index in [-0.39, 0.29) is 16.9 Å². The van der Waals surface area contributed by atoms with Crippen LogP contribution in [0.4, 0.5) is 0 Å². The quantitative estimate of drug-likeness (QED) is 0.671. The van der Waals surface area contributed by atoms with E-state index < -0.39 is 10.0 Å². The predicted octanol–water partition coefficient (Wildman–Crippen LogP) is 3.92. The number of fused-ring (bicyclic) bond motifs is 1. The van der Waals surface area contributed by atoms with E-state index in [1.807, 2.05) is 12.1 Å². The molecule has 2 aromatic carbocycles. The van der Waals surface area contributed by atoms with E-state index in [0.29, 0.717) is 30.7 Å². The second kappa shape index (κ2) is 9.11. The Labute approximate surface area is 176 Å². The second-order valence-corrected chi connectivity index (χ2v) is 9.22. The highest BCUT2D eigenvalue weighted by molar-refractivity contribution is 7.89. The molecule has 29 heavy (non-hydrogen) atoms.